The normalized spacial score (nSPS) is 21.5. The van der Waals surface area contributed by atoms with E-state index in [-0.39, 0.29) is 6.04 Å². The van der Waals surface area contributed by atoms with Crippen molar-refractivity contribution in [3.05, 3.63) is 29.3 Å². The van der Waals surface area contributed by atoms with Gasteiger partial charge in [0.25, 0.3) is 0 Å². The molecule has 0 spiro atoms. The summed E-state index contributed by atoms with van der Waals surface area (Å²) in [6.07, 6.45) is 7.42. The fourth-order valence-electron chi connectivity index (χ4n) is 3.28. The van der Waals surface area contributed by atoms with Crippen molar-refractivity contribution < 1.29 is 9.53 Å². The second-order valence-corrected chi connectivity index (χ2v) is 5.81. The third-order valence-corrected chi connectivity index (χ3v) is 4.41. The van der Waals surface area contributed by atoms with E-state index >= 15 is 0 Å². The molecule has 108 valence electrons. The first-order valence-electron chi connectivity index (χ1n) is 7.84. The number of nitrogens with one attached hydrogen (secondary N) is 1. The Balaban J connectivity index is 1.54. The summed E-state index contributed by atoms with van der Waals surface area (Å²) in [6, 6.07) is 6.39. The molecule has 0 bridgehead atoms. The Hall–Kier alpha value is -1.35. The lowest BCUT2D eigenvalue weighted by Gasteiger charge is -2.19. The lowest BCUT2D eigenvalue weighted by Crippen LogP contribution is -2.31. The van der Waals surface area contributed by atoms with Crippen LogP contribution in [0.15, 0.2) is 18.2 Å². The zero-order chi connectivity index (χ0) is 13.8. The first kappa shape index (κ1) is 13.6. The van der Waals surface area contributed by atoms with Gasteiger partial charge >= 0.3 is 0 Å². The van der Waals surface area contributed by atoms with Crippen LogP contribution >= 0.6 is 0 Å². The van der Waals surface area contributed by atoms with Crippen LogP contribution in [0, 0.1) is 0 Å². The molecule has 1 aliphatic carbocycles. The summed E-state index contributed by atoms with van der Waals surface area (Å²) in [5, 5.41) is 3.25. The third-order valence-electron chi connectivity index (χ3n) is 4.41. The van der Waals surface area contributed by atoms with Crippen LogP contribution in [0.5, 0.6) is 5.75 Å². The summed E-state index contributed by atoms with van der Waals surface area (Å²) < 4.78 is 5.89. The Morgan fingerprint density at radius 2 is 2.15 bits per heavy atom. The number of hydrogen-bond donors (Lipinski definition) is 1. The number of ketones is 1. The molecule has 1 aliphatic heterocycles. The molecule has 0 aromatic heterocycles. The number of ether oxygens (including phenoxy) is 1. The van der Waals surface area contributed by atoms with Crippen molar-refractivity contribution in [2.75, 3.05) is 13.2 Å². The van der Waals surface area contributed by atoms with Gasteiger partial charge in [-0.15, -0.1) is 0 Å². The quantitative estimate of drug-likeness (QED) is 0.896. The van der Waals surface area contributed by atoms with E-state index < -0.39 is 0 Å². The highest BCUT2D eigenvalue weighted by Gasteiger charge is 2.21. The molecule has 3 heteroatoms. The molecule has 2 aliphatic rings. The van der Waals surface area contributed by atoms with Gasteiger partial charge in [-0.25, -0.2) is 0 Å². The van der Waals surface area contributed by atoms with Crippen molar-refractivity contribution in [1.29, 1.82) is 0 Å². The summed E-state index contributed by atoms with van der Waals surface area (Å²) in [4.78, 5) is 12.0. The maximum absolute atomic E-state index is 12.0. The molecule has 1 heterocycles. The number of benzene rings is 1. The number of carbonyl (C=O) groups excluding carboxylic acids is 1. The third kappa shape index (κ3) is 3.04. The minimum absolute atomic E-state index is 0.0725. The fourth-order valence-corrected chi connectivity index (χ4v) is 3.28. The standard InChI is InChI=1S/C17H23NO2/c19-16(15-8-4-11-18-15)10-12-20-17-9-3-6-13-5-1-2-7-14(13)17/h3,6,9,15,18H,1-2,4-5,7-8,10-12H2. The topological polar surface area (TPSA) is 38.3 Å². The maximum Gasteiger partial charge on any atom is 0.153 e. The molecule has 1 aromatic rings. The Morgan fingerprint density at radius 1 is 1.25 bits per heavy atom. The number of Topliss-reactive ketones (excluding diaryl/α,β-unsaturated/α-hetero) is 1. The summed E-state index contributed by atoms with van der Waals surface area (Å²) in [5.41, 5.74) is 2.79. The van der Waals surface area contributed by atoms with Crippen molar-refractivity contribution in [3.63, 3.8) is 0 Å². The van der Waals surface area contributed by atoms with Gasteiger partial charge in [0.2, 0.25) is 0 Å². The molecule has 3 rings (SSSR count). The van der Waals surface area contributed by atoms with Gasteiger partial charge in [0.05, 0.1) is 12.6 Å². The summed E-state index contributed by atoms with van der Waals surface area (Å²) >= 11 is 0. The van der Waals surface area contributed by atoms with Crippen molar-refractivity contribution >= 4 is 5.78 Å². The van der Waals surface area contributed by atoms with E-state index in [0.29, 0.717) is 18.8 Å². The smallest absolute Gasteiger partial charge is 0.153 e. The number of carbonyl (C=O) groups is 1. The molecule has 0 amide bonds. The number of fused-ring (bicyclic) bond motifs is 1. The highest BCUT2D eigenvalue weighted by molar-refractivity contribution is 5.84. The Morgan fingerprint density at radius 3 is 3.00 bits per heavy atom. The van der Waals surface area contributed by atoms with E-state index in [1.165, 1.54) is 24.0 Å². The molecule has 1 fully saturated rings. The zero-order valence-electron chi connectivity index (χ0n) is 12.0. The molecule has 0 saturated carbocycles. The van der Waals surface area contributed by atoms with Gasteiger partial charge in [-0.1, -0.05) is 12.1 Å². The van der Waals surface area contributed by atoms with Crippen LogP contribution in [0.4, 0.5) is 0 Å². The van der Waals surface area contributed by atoms with Gasteiger partial charge in [0, 0.05) is 6.42 Å². The largest absolute Gasteiger partial charge is 0.493 e. The van der Waals surface area contributed by atoms with Crippen molar-refractivity contribution in [3.8, 4) is 5.75 Å². The Bertz CT molecular complexity index is 478. The number of rotatable bonds is 5. The van der Waals surface area contributed by atoms with Gasteiger partial charge in [0.1, 0.15) is 5.75 Å². The Labute approximate surface area is 120 Å². The summed E-state index contributed by atoms with van der Waals surface area (Å²) in [6.45, 7) is 1.48. The average Bonchev–Trinajstić information content (AvgIpc) is 3.02. The SMILES string of the molecule is O=C(CCOc1cccc2c1CCCC2)C1CCCN1. The molecule has 1 unspecified atom stereocenters. The second kappa shape index (κ2) is 6.40. The Kier molecular flexibility index (Phi) is 4.36. The molecule has 1 saturated heterocycles. The minimum Gasteiger partial charge on any atom is -0.493 e. The van der Waals surface area contributed by atoms with Gasteiger partial charge in [0.15, 0.2) is 5.78 Å². The van der Waals surface area contributed by atoms with Crippen LogP contribution in [-0.4, -0.2) is 25.0 Å². The predicted molar refractivity (Wildman–Crippen MR) is 79.2 cm³/mol. The van der Waals surface area contributed by atoms with Crippen molar-refractivity contribution in [2.24, 2.45) is 0 Å². The second-order valence-electron chi connectivity index (χ2n) is 5.81. The van der Waals surface area contributed by atoms with Gasteiger partial charge in [-0.2, -0.15) is 0 Å². The van der Waals surface area contributed by atoms with E-state index in [4.69, 9.17) is 4.74 Å². The highest BCUT2D eigenvalue weighted by atomic mass is 16.5. The van der Waals surface area contributed by atoms with Crippen LogP contribution in [0.3, 0.4) is 0 Å². The van der Waals surface area contributed by atoms with Gasteiger partial charge < -0.3 is 10.1 Å². The minimum atomic E-state index is 0.0725. The van der Waals surface area contributed by atoms with E-state index in [2.05, 4.69) is 17.4 Å². The average molecular weight is 273 g/mol. The molecule has 1 aromatic carbocycles. The van der Waals surface area contributed by atoms with Gasteiger partial charge in [-0.3, -0.25) is 4.79 Å². The number of hydrogen-bond acceptors (Lipinski definition) is 3. The van der Waals surface area contributed by atoms with Gasteiger partial charge in [-0.05, 0) is 62.3 Å². The van der Waals surface area contributed by atoms with E-state index in [0.717, 1.165) is 38.0 Å². The van der Waals surface area contributed by atoms with Crippen LogP contribution < -0.4 is 10.1 Å². The molecule has 1 atom stereocenters. The van der Waals surface area contributed by atoms with E-state index in [9.17, 15) is 4.79 Å². The first-order valence-corrected chi connectivity index (χ1v) is 7.84. The molecular weight excluding hydrogens is 250 g/mol. The van der Waals surface area contributed by atoms with Crippen LogP contribution in [0.25, 0.3) is 0 Å². The molecule has 20 heavy (non-hydrogen) atoms. The van der Waals surface area contributed by atoms with Crippen molar-refractivity contribution in [1.82, 2.24) is 5.32 Å². The lowest BCUT2D eigenvalue weighted by atomic mass is 9.91. The fraction of sp³-hybridized carbons (Fsp3) is 0.588. The van der Waals surface area contributed by atoms with E-state index in [1.807, 2.05) is 6.07 Å². The highest BCUT2D eigenvalue weighted by Crippen LogP contribution is 2.29. The summed E-state index contributed by atoms with van der Waals surface area (Å²) in [5.74, 6) is 1.29. The monoisotopic (exact) mass is 273 g/mol. The predicted octanol–water partition coefficient (Wildman–Crippen LogP) is 2.66. The first-order chi connectivity index (χ1) is 9.84. The molecule has 1 N–H and O–H groups in total. The maximum atomic E-state index is 12.0. The van der Waals surface area contributed by atoms with E-state index in [1.54, 1.807) is 0 Å². The van der Waals surface area contributed by atoms with Crippen LogP contribution in [0.2, 0.25) is 0 Å². The summed E-state index contributed by atoms with van der Waals surface area (Å²) in [7, 11) is 0. The lowest BCUT2D eigenvalue weighted by molar-refractivity contribution is -0.121. The zero-order valence-corrected chi connectivity index (χ0v) is 12.0. The molecular formula is C17H23NO2. The molecule has 0 radical (unpaired) electrons. The number of aryl methyl sites for hydroxylation is 1. The van der Waals surface area contributed by atoms with Crippen molar-refractivity contribution in [2.45, 2.75) is 51.0 Å². The molecule has 3 nitrogen and oxygen atoms in total. The van der Waals surface area contributed by atoms with Crippen LogP contribution in [-0.2, 0) is 17.6 Å². The van der Waals surface area contributed by atoms with Crippen LogP contribution in [0.1, 0.15) is 43.2 Å².